The zero-order chi connectivity index (χ0) is 17.0. The van der Waals surface area contributed by atoms with Crippen molar-refractivity contribution in [3.05, 3.63) is 39.5 Å². The molecular formula is C21H33NSn. The van der Waals surface area contributed by atoms with Crippen LogP contribution >= 0.6 is 0 Å². The predicted molar refractivity (Wildman–Crippen MR) is 105 cm³/mol. The third-order valence-electron chi connectivity index (χ3n) is 4.75. The van der Waals surface area contributed by atoms with Crippen LogP contribution < -0.4 is 0 Å². The van der Waals surface area contributed by atoms with Gasteiger partial charge in [-0.25, -0.2) is 0 Å². The van der Waals surface area contributed by atoms with Gasteiger partial charge < -0.3 is 0 Å². The summed E-state index contributed by atoms with van der Waals surface area (Å²) < 4.78 is 7.23. The number of benzene rings is 1. The van der Waals surface area contributed by atoms with Crippen molar-refractivity contribution < 1.29 is 0 Å². The molecule has 0 spiro atoms. The van der Waals surface area contributed by atoms with E-state index < -0.39 is 18.4 Å². The second-order valence-corrected chi connectivity index (χ2v) is 19.7. The van der Waals surface area contributed by atoms with Gasteiger partial charge in [-0.3, -0.25) is 0 Å². The first-order chi connectivity index (χ1) is 11.2. The third kappa shape index (κ3) is 7.57. The average Bonchev–Trinajstić information content (AvgIpc) is 2.61. The Kier molecular flexibility index (Phi) is 10.4. The molecule has 0 aliphatic heterocycles. The van der Waals surface area contributed by atoms with Gasteiger partial charge in [0.25, 0.3) is 0 Å². The zero-order valence-corrected chi connectivity index (χ0v) is 18.1. The van der Waals surface area contributed by atoms with Crippen molar-refractivity contribution in [1.82, 2.24) is 0 Å². The van der Waals surface area contributed by atoms with E-state index in [1.54, 1.807) is 0 Å². The Bertz CT molecular complexity index is 474. The molecule has 1 nitrogen and oxygen atoms in total. The van der Waals surface area contributed by atoms with Crippen LogP contribution in [0.25, 0.3) is 6.08 Å². The van der Waals surface area contributed by atoms with Gasteiger partial charge in [-0.05, 0) is 0 Å². The minimum atomic E-state index is -2.16. The number of nitrogens with zero attached hydrogens (tertiary/aromatic N) is 1. The van der Waals surface area contributed by atoms with Crippen molar-refractivity contribution in [1.29, 1.82) is 5.26 Å². The molecule has 0 bridgehead atoms. The van der Waals surface area contributed by atoms with Crippen LogP contribution in [0.15, 0.2) is 28.4 Å². The molecule has 0 unspecified atom stereocenters. The van der Waals surface area contributed by atoms with Crippen molar-refractivity contribution in [2.24, 2.45) is 0 Å². The summed E-state index contributed by atoms with van der Waals surface area (Å²) in [6, 6.07) is 10.2. The molecule has 1 rings (SSSR count). The van der Waals surface area contributed by atoms with E-state index in [2.05, 4.69) is 49.1 Å². The number of unbranched alkanes of at least 4 members (excludes halogenated alkanes) is 3. The first-order valence-electron chi connectivity index (χ1n) is 9.39. The van der Waals surface area contributed by atoms with Gasteiger partial charge in [-0.2, -0.15) is 0 Å². The molecule has 0 aliphatic carbocycles. The Morgan fingerprint density at radius 1 is 0.870 bits per heavy atom. The molecular weight excluding hydrogens is 385 g/mol. The van der Waals surface area contributed by atoms with Gasteiger partial charge in [0.2, 0.25) is 0 Å². The molecule has 0 saturated carbocycles. The van der Waals surface area contributed by atoms with Crippen LogP contribution in [0.5, 0.6) is 0 Å². The number of nitriles is 1. The second kappa shape index (κ2) is 11.7. The van der Waals surface area contributed by atoms with Gasteiger partial charge in [-0.1, -0.05) is 0 Å². The summed E-state index contributed by atoms with van der Waals surface area (Å²) >= 11 is -2.16. The van der Waals surface area contributed by atoms with Crippen molar-refractivity contribution in [3.63, 3.8) is 0 Å². The fraction of sp³-hybridized carbons (Fsp3) is 0.571. The van der Waals surface area contributed by atoms with Crippen LogP contribution in [0.3, 0.4) is 0 Å². The number of hydrogen-bond acceptors (Lipinski definition) is 1. The van der Waals surface area contributed by atoms with E-state index >= 15 is 0 Å². The standard InChI is InChI=1S/C9H6N.3C4H9.Sn/c1-2-8-3-5-9(7-10)6-4-8;3*1-3-4-2;/h1-6H;3*1,3-4H2,2H3;. The molecule has 23 heavy (non-hydrogen) atoms. The summed E-state index contributed by atoms with van der Waals surface area (Å²) in [5.74, 6) is 0. The number of hydrogen-bond donors (Lipinski definition) is 0. The van der Waals surface area contributed by atoms with Crippen molar-refractivity contribution in [3.8, 4) is 6.07 Å². The summed E-state index contributed by atoms with van der Waals surface area (Å²) in [5, 5.41) is 8.92. The van der Waals surface area contributed by atoms with Crippen molar-refractivity contribution >= 4 is 24.5 Å². The molecule has 0 aliphatic rings. The Labute approximate surface area is 147 Å². The summed E-state index contributed by atoms with van der Waals surface area (Å²) in [5.41, 5.74) is 2.01. The average molecular weight is 418 g/mol. The first-order valence-corrected chi connectivity index (χ1v) is 17.1. The van der Waals surface area contributed by atoms with Crippen LogP contribution in [0, 0.1) is 11.3 Å². The number of rotatable bonds is 11. The molecule has 0 N–H and O–H groups in total. The monoisotopic (exact) mass is 419 g/mol. The van der Waals surface area contributed by atoms with Crippen LogP contribution in [-0.4, -0.2) is 18.4 Å². The molecule has 2 heteroatoms. The Morgan fingerprint density at radius 2 is 1.35 bits per heavy atom. The van der Waals surface area contributed by atoms with Crippen LogP contribution in [0.4, 0.5) is 0 Å². The van der Waals surface area contributed by atoms with E-state index in [0.717, 1.165) is 5.56 Å². The van der Waals surface area contributed by atoms with Gasteiger partial charge in [0.1, 0.15) is 0 Å². The molecule has 0 fully saturated rings. The second-order valence-electron chi connectivity index (χ2n) is 6.74. The molecule has 1 aromatic rings. The molecule has 1 aromatic carbocycles. The molecule has 0 atom stereocenters. The molecule has 126 valence electrons. The van der Waals surface area contributed by atoms with Crippen LogP contribution in [-0.2, 0) is 0 Å². The summed E-state index contributed by atoms with van der Waals surface area (Å²) in [7, 11) is 0. The Hall–Kier alpha value is -0.751. The molecule has 0 radical (unpaired) electrons. The van der Waals surface area contributed by atoms with Gasteiger partial charge in [0.15, 0.2) is 0 Å². The first kappa shape index (κ1) is 20.3. The van der Waals surface area contributed by atoms with Crippen LogP contribution in [0.1, 0.15) is 70.4 Å². The fourth-order valence-corrected chi connectivity index (χ4v) is 17.3. The SMILES string of the molecule is CCC[CH2][Sn](/[CH]=C/c1ccc(C#N)cc1)([CH2]CCC)[CH2]CCC. The van der Waals surface area contributed by atoms with E-state index in [1.165, 1.54) is 57.4 Å². The summed E-state index contributed by atoms with van der Waals surface area (Å²) in [6.07, 6.45) is 10.5. The van der Waals surface area contributed by atoms with Crippen LogP contribution in [0.2, 0.25) is 13.3 Å². The molecule has 0 heterocycles. The zero-order valence-electron chi connectivity index (χ0n) is 15.3. The van der Waals surface area contributed by atoms with Crippen molar-refractivity contribution in [2.45, 2.75) is 72.6 Å². The maximum absolute atomic E-state index is 8.92. The van der Waals surface area contributed by atoms with E-state index in [1.807, 2.05) is 12.1 Å². The summed E-state index contributed by atoms with van der Waals surface area (Å²) in [6.45, 7) is 6.96. The van der Waals surface area contributed by atoms with Gasteiger partial charge in [0, 0.05) is 0 Å². The minimum absolute atomic E-state index is 0.750. The van der Waals surface area contributed by atoms with E-state index in [9.17, 15) is 0 Å². The quantitative estimate of drug-likeness (QED) is 0.357. The van der Waals surface area contributed by atoms with E-state index in [-0.39, 0.29) is 0 Å². The third-order valence-corrected chi connectivity index (χ3v) is 18.8. The predicted octanol–water partition coefficient (Wildman–Crippen LogP) is 6.96. The van der Waals surface area contributed by atoms with Gasteiger partial charge in [-0.15, -0.1) is 0 Å². The molecule has 0 aromatic heterocycles. The van der Waals surface area contributed by atoms with E-state index in [4.69, 9.17) is 5.26 Å². The fourth-order valence-electron chi connectivity index (χ4n) is 3.15. The Morgan fingerprint density at radius 3 is 1.74 bits per heavy atom. The Balaban J connectivity index is 2.93. The maximum atomic E-state index is 8.92. The van der Waals surface area contributed by atoms with Crippen molar-refractivity contribution in [2.75, 3.05) is 0 Å². The molecule has 0 amide bonds. The van der Waals surface area contributed by atoms with Gasteiger partial charge in [0.05, 0.1) is 0 Å². The topological polar surface area (TPSA) is 23.8 Å². The van der Waals surface area contributed by atoms with E-state index in [0.29, 0.717) is 0 Å². The summed E-state index contributed by atoms with van der Waals surface area (Å²) in [4.78, 5) is 0. The van der Waals surface area contributed by atoms with Gasteiger partial charge >= 0.3 is 148 Å². The normalized spacial score (nSPS) is 11.7. The molecule has 0 saturated heterocycles.